The van der Waals surface area contributed by atoms with Gasteiger partial charge in [0, 0.05) is 0 Å². The minimum absolute atomic E-state index is 0.808. The lowest BCUT2D eigenvalue weighted by Gasteiger charge is -1.94. The number of hydrogen-bond acceptors (Lipinski definition) is 4. The van der Waals surface area contributed by atoms with Crippen LogP contribution in [-0.2, 0) is 14.5 Å². The molecule has 0 saturated carbocycles. The van der Waals surface area contributed by atoms with Crippen LogP contribution in [0.1, 0.15) is 0 Å². The standard InChI is InChI=1S/C2H2N2O3S/c5-8(6)4-1-3-2-7-8/h1-2H. The van der Waals surface area contributed by atoms with Crippen LogP contribution < -0.4 is 0 Å². The molecule has 0 fully saturated rings. The third-order valence-electron chi connectivity index (χ3n) is 0.468. The SMILES string of the molecule is O=S1(=O)N=CN=CO1. The van der Waals surface area contributed by atoms with Crippen molar-refractivity contribution in [3.63, 3.8) is 0 Å². The van der Waals surface area contributed by atoms with Crippen molar-refractivity contribution in [3.8, 4) is 0 Å². The third-order valence-corrected chi connectivity index (χ3v) is 1.15. The van der Waals surface area contributed by atoms with Gasteiger partial charge in [0.1, 0.15) is 6.34 Å². The van der Waals surface area contributed by atoms with Gasteiger partial charge < -0.3 is 4.18 Å². The first-order valence-corrected chi connectivity index (χ1v) is 3.06. The molecule has 0 saturated heterocycles. The summed E-state index contributed by atoms with van der Waals surface area (Å²) >= 11 is 0. The van der Waals surface area contributed by atoms with E-state index in [4.69, 9.17) is 0 Å². The topological polar surface area (TPSA) is 68.1 Å². The van der Waals surface area contributed by atoms with Crippen molar-refractivity contribution in [3.05, 3.63) is 0 Å². The summed E-state index contributed by atoms with van der Waals surface area (Å²) in [6.07, 6.45) is 1.71. The second-order valence-corrected chi connectivity index (χ2v) is 2.26. The predicted molar refractivity (Wildman–Crippen MR) is 27.0 cm³/mol. The molecular formula is C2H2N2O3S. The lowest BCUT2D eigenvalue weighted by Crippen LogP contribution is -2.03. The van der Waals surface area contributed by atoms with Crippen molar-refractivity contribution < 1.29 is 12.6 Å². The van der Waals surface area contributed by atoms with Crippen LogP contribution >= 0.6 is 0 Å². The van der Waals surface area contributed by atoms with Crippen molar-refractivity contribution in [2.45, 2.75) is 0 Å². The summed E-state index contributed by atoms with van der Waals surface area (Å²) in [5.41, 5.74) is 0. The molecular weight excluding hydrogens is 132 g/mol. The Kier molecular flexibility index (Phi) is 1.01. The molecule has 0 aliphatic carbocycles. The van der Waals surface area contributed by atoms with E-state index >= 15 is 0 Å². The zero-order chi connectivity index (χ0) is 6.04. The van der Waals surface area contributed by atoms with E-state index in [0.717, 1.165) is 12.7 Å². The molecule has 44 valence electrons. The highest BCUT2D eigenvalue weighted by Gasteiger charge is 2.06. The van der Waals surface area contributed by atoms with Crippen LogP contribution in [0.5, 0.6) is 0 Å². The van der Waals surface area contributed by atoms with Crippen LogP contribution in [0.15, 0.2) is 9.39 Å². The fourth-order valence-electron chi connectivity index (χ4n) is 0.216. The minimum atomic E-state index is -3.66. The second-order valence-electron chi connectivity index (χ2n) is 0.999. The van der Waals surface area contributed by atoms with E-state index in [-0.39, 0.29) is 0 Å². The van der Waals surface area contributed by atoms with Crippen LogP contribution in [0, 0.1) is 0 Å². The minimum Gasteiger partial charge on any atom is -0.353 e. The molecule has 8 heavy (non-hydrogen) atoms. The normalized spacial score (nSPS) is 22.5. The Morgan fingerprint density at radius 2 is 2.25 bits per heavy atom. The van der Waals surface area contributed by atoms with Gasteiger partial charge >= 0.3 is 10.3 Å². The van der Waals surface area contributed by atoms with Gasteiger partial charge in [0.15, 0.2) is 6.40 Å². The molecule has 1 aliphatic heterocycles. The van der Waals surface area contributed by atoms with Gasteiger partial charge in [0.2, 0.25) is 0 Å². The van der Waals surface area contributed by atoms with Gasteiger partial charge in [-0.3, -0.25) is 0 Å². The highest BCUT2D eigenvalue weighted by molar-refractivity contribution is 7.85. The van der Waals surface area contributed by atoms with Crippen LogP contribution in [-0.4, -0.2) is 21.2 Å². The molecule has 1 aliphatic rings. The highest BCUT2D eigenvalue weighted by Crippen LogP contribution is 1.93. The van der Waals surface area contributed by atoms with E-state index in [0.29, 0.717) is 0 Å². The van der Waals surface area contributed by atoms with E-state index in [1.807, 2.05) is 0 Å². The first-order chi connectivity index (χ1) is 3.71. The summed E-state index contributed by atoms with van der Waals surface area (Å²) < 4.78 is 27.1. The fraction of sp³-hybridized carbons (Fsp3) is 0. The van der Waals surface area contributed by atoms with E-state index in [2.05, 4.69) is 13.6 Å². The fourth-order valence-corrected chi connectivity index (χ4v) is 0.594. The van der Waals surface area contributed by atoms with E-state index in [1.54, 1.807) is 0 Å². The van der Waals surface area contributed by atoms with Crippen molar-refractivity contribution in [1.29, 1.82) is 0 Å². The molecule has 0 amide bonds. The number of aliphatic imine (C=N–C) groups is 1. The molecule has 0 atom stereocenters. The van der Waals surface area contributed by atoms with Crippen molar-refractivity contribution in [2.24, 2.45) is 9.39 Å². The monoisotopic (exact) mass is 134 g/mol. The predicted octanol–water partition coefficient (Wildman–Crippen LogP) is -0.682. The maximum atomic E-state index is 10.1. The summed E-state index contributed by atoms with van der Waals surface area (Å²) in [7, 11) is -3.66. The zero-order valence-corrected chi connectivity index (χ0v) is 4.50. The van der Waals surface area contributed by atoms with E-state index in [9.17, 15) is 8.42 Å². The summed E-state index contributed by atoms with van der Waals surface area (Å²) in [5.74, 6) is 0. The van der Waals surface area contributed by atoms with Gasteiger partial charge in [-0.1, -0.05) is 0 Å². The Hall–Kier alpha value is -0.910. The smallest absolute Gasteiger partial charge is 0.353 e. The van der Waals surface area contributed by atoms with Crippen LogP contribution in [0.2, 0.25) is 0 Å². The van der Waals surface area contributed by atoms with Crippen LogP contribution in [0.4, 0.5) is 0 Å². The maximum absolute atomic E-state index is 10.1. The van der Waals surface area contributed by atoms with Gasteiger partial charge in [-0.05, 0) is 0 Å². The van der Waals surface area contributed by atoms with Crippen LogP contribution in [0.25, 0.3) is 0 Å². The van der Waals surface area contributed by atoms with Crippen molar-refractivity contribution in [2.75, 3.05) is 0 Å². The van der Waals surface area contributed by atoms with Crippen LogP contribution in [0.3, 0.4) is 0 Å². The van der Waals surface area contributed by atoms with E-state index in [1.165, 1.54) is 0 Å². The summed E-state index contributed by atoms with van der Waals surface area (Å²) in [6.45, 7) is 0. The molecule has 0 radical (unpaired) electrons. The molecule has 0 aromatic heterocycles. The van der Waals surface area contributed by atoms with E-state index < -0.39 is 10.3 Å². The molecule has 5 nitrogen and oxygen atoms in total. The second kappa shape index (κ2) is 1.55. The Bertz CT molecular complexity index is 226. The Balaban J connectivity index is 2.98. The first kappa shape index (κ1) is 5.23. The molecule has 6 heteroatoms. The molecule has 0 aromatic carbocycles. The molecule has 1 rings (SSSR count). The van der Waals surface area contributed by atoms with Gasteiger partial charge in [-0.25, -0.2) is 4.99 Å². The Labute approximate surface area is 46.0 Å². The average Bonchev–Trinajstić information content (AvgIpc) is 1.65. The first-order valence-electron chi connectivity index (χ1n) is 1.69. The maximum Gasteiger partial charge on any atom is 0.430 e. The van der Waals surface area contributed by atoms with Gasteiger partial charge in [-0.15, -0.1) is 4.40 Å². The molecule has 0 bridgehead atoms. The number of rotatable bonds is 0. The van der Waals surface area contributed by atoms with Crippen molar-refractivity contribution in [1.82, 2.24) is 0 Å². The molecule has 0 aromatic rings. The van der Waals surface area contributed by atoms with Crippen molar-refractivity contribution >= 4 is 23.0 Å². The highest BCUT2D eigenvalue weighted by atomic mass is 32.2. The quantitative estimate of drug-likeness (QED) is 0.440. The third kappa shape index (κ3) is 1.03. The largest absolute Gasteiger partial charge is 0.430 e. The Morgan fingerprint density at radius 3 is 2.50 bits per heavy atom. The molecule has 0 unspecified atom stereocenters. The molecule has 0 spiro atoms. The van der Waals surface area contributed by atoms with Gasteiger partial charge in [0.05, 0.1) is 0 Å². The number of hydrogen-bond donors (Lipinski definition) is 0. The lowest BCUT2D eigenvalue weighted by molar-refractivity contribution is 0.492. The summed E-state index contributed by atoms with van der Waals surface area (Å²) in [6, 6.07) is 0. The molecule has 1 heterocycles. The average molecular weight is 134 g/mol. The zero-order valence-electron chi connectivity index (χ0n) is 3.68. The Morgan fingerprint density at radius 1 is 1.50 bits per heavy atom. The summed E-state index contributed by atoms with van der Waals surface area (Å²) in [5, 5.41) is 0. The number of nitrogens with zero attached hydrogens (tertiary/aromatic N) is 2. The molecule has 0 N–H and O–H groups in total. The lowest BCUT2D eigenvalue weighted by atomic mass is 11.3. The van der Waals surface area contributed by atoms with Gasteiger partial charge in [0.25, 0.3) is 0 Å². The van der Waals surface area contributed by atoms with Gasteiger partial charge in [-0.2, -0.15) is 8.42 Å². The summed E-state index contributed by atoms with van der Waals surface area (Å²) in [4.78, 5) is 3.25.